The minimum Gasteiger partial charge on any atom is -0.385 e. The first-order valence-electron chi connectivity index (χ1n) is 11.6. The van der Waals surface area contributed by atoms with Gasteiger partial charge in [-0.05, 0) is 49.3 Å². The number of piperidine rings is 1. The average molecular weight is 466 g/mol. The van der Waals surface area contributed by atoms with Crippen molar-refractivity contribution in [3.05, 3.63) is 70.5 Å². The zero-order valence-electron chi connectivity index (χ0n) is 19.1. The fraction of sp³-hybridized carbons (Fsp3) is 0.423. The van der Waals surface area contributed by atoms with Crippen LogP contribution in [0.1, 0.15) is 24.8 Å². The SMILES string of the molecule is COCCCn1c(SCC(=O)N2CCC(Cc3ccccc3)CC2)nc2ccccc2c1=O. The van der Waals surface area contributed by atoms with Crippen molar-refractivity contribution in [2.75, 3.05) is 32.6 Å². The van der Waals surface area contributed by atoms with Gasteiger partial charge in [-0.15, -0.1) is 0 Å². The fourth-order valence-electron chi connectivity index (χ4n) is 4.37. The van der Waals surface area contributed by atoms with Crippen LogP contribution < -0.4 is 5.56 Å². The van der Waals surface area contributed by atoms with E-state index >= 15 is 0 Å². The van der Waals surface area contributed by atoms with E-state index in [1.165, 1.54) is 17.3 Å². The smallest absolute Gasteiger partial charge is 0.262 e. The predicted octanol–water partition coefficient (Wildman–Crippen LogP) is 4.01. The van der Waals surface area contributed by atoms with Crippen LogP contribution in [-0.2, 0) is 22.5 Å². The summed E-state index contributed by atoms with van der Waals surface area (Å²) in [5.41, 5.74) is 1.97. The molecule has 2 heterocycles. The highest BCUT2D eigenvalue weighted by molar-refractivity contribution is 7.99. The maximum absolute atomic E-state index is 13.0. The maximum Gasteiger partial charge on any atom is 0.262 e. The normalized spacial score (nSPS) is 14.6. The quantitative estimate of drug-likeness (QED) is 0.271. The summed E-state index contributed by atoms with van der Waals surface area (Å²) < 4.78 is 6.84. The number of hydrogen-bond acceptors (Lipinski definition) is 5. The number of aromatic nitrogens is 2. The second-order valence-corrected chi connectivity index (χ2v) is 9.46. The number of benzene rings is 2. The molecule has 33 heavy (non-hydrogen) atoms. The van der Waals surface area contributed by atoms with Gasteiger partial charge in [-0.2, -0.15) is 0 Å². The molecule has 0 unspecified atom stereocenters. The van der Waals surface area contributed by atoms with Crippen LogP contribution >= 0.6 is 11.8 Å². The summed E-state index contributed by atoms with van der Waals surface area (Å²) in [5.74, 6) is 1.03. The van der Waals surface area contributed by atoms with E-state index in [0.29, 0.717) is 47.3 Å². The molecule has 3 aromatic rings. The minimum absolute atomic E-state index is 0.0617. The standard InChI is InChI=1S/C26H31N3O3S/c1-32-17-7-14-29-25(31)22-10-5-6-11-23(22)27-26(29)33-19-24(30)28-15-12-21(13-16-28)18-20-8-3-2-4-9-20/h2-6,8-11,21H,7,12-19H2,1H3. The third-order valence-electron chi connectivity index (χ3n) is 6.22. The summed E-state index contributed by atoms with van der Waals surface area (Å²) in [6.45, 7) is 2.68. The van der Waals surface area contributed by atoms with Crippen LogP contribution in [0, 0.1) is 5.92 Å². The Morgan fingerprint density at radius 3 is 2.58 bits per heavy atom. The van der Waals surface area contributed by atoms with Crippen molar-refractivity contribution in [2.45, 2.75) is 37.4 Å². The molecule has 1 aliphatic rings. The molecule has 1 aliphatic heterocycles. The number of rotatable bonds is 9. The molecule has 0 radical (unpaired) electrons. The van der Waals surface area contributed by atoms with Crippen LogP contribution in [0.3, 0.4) is 0 Å². The third kappa shape index (κ3) is 6.03. The minimum atomic E-state index is -0.0617. The lowest BCUT2D eigenvalue weighted by molar-refractivity contribution is -0.129. The van der Waals surface area contributed by atoms with Crippen LogP contribution in [0.4, 0.5) is 0 Å². The molecule has 0 bridgehead atoms. The van der Waals surface area contributed by atoms with Gasteiger partial charge in [0, 0.05) is 33.4 Å². The van der Waals surface area contributed by atoms with Gasteiger partial charge in [0.25, 0.3) is 5.56 Å². The van der Waals surface area contributed by atoms with Gasteiger partial charge < -0.3 is 9.64 Å². The number of thioether (sulfide) groups is 1. The number of carbonyl (C=O) groups is 1. The summed E-state index contributed by atoms with van der Waals surface area (Å²) >= 11 is 1.36. The molecular formula is C26H31N3O3S. The van der Waals surface area contributed by atoms with Gasteiger partial charge in [-0.25, -0.2) is 4.98 Å². The Labute approximate surface area is 199 Å². The van der Waals surface area contributed by atoms with E-state index in [-0.39, 0.29) is 11.5 Å². The molecule has 4 rings (SSSR count). The van der Waals surface area contributed by atoms with E-state index in [4.69, 9.17) is 9.72 Å². The monoisotopic (exact) mass is 465 g/mol. The molecule has 1 amide bonds. The van der Waals surface area contributed by atoms with E-state index in [1.807, 2.05) is 29.2 Å². The molecule has 0 N–H and O–H groups in total. The summed E-state index contributed by atoms with van der Waals surface area (Å²) in [7, 11) is 1.65. The number of nitrogens with zero attached hydrogens (tertiary/aromatic N) is 3. The number of hydrogen-bond donors (Lipinski definition) is 0. The largest absolute Gasteiger partial charge is 0.385 e. The highest BCUT2D eigenvalue weighted by Crippen LogP contribution is 2.24. The van der Waals surface area contributed by atoms with Crippen LogP contribution in [0.5, 0.6) is 0 Å². The Morgan fingerprint density at radius 2 is 1.82 bits per heavy atom. The van der Waals surface area contributed by atoms with Crippen LogP contribution in [-0.4, -0.2) is 52.9 Å². The molecule has 0 saturated carbocycles. The number of likely N-dealkylation sites (tertiary alicyclic amines) is 1. The van der Waals surface area contributed by atoms with Crippen molar-refractivity contribution < 1.29 is 9.53 Å². The van der Waals surface area contributed by atoms with E-state index in [1.54, 1.807) is 17.7 Å². The van der Waals surface area contributed by atoms with Gasteiger partial charge in [0.05, 0.1) is 16.7 Å². The highest BCUT2D eigenvalue weighted by Gasteiger charge is 2.23. The second kappa shape index (κ2) is 11.5. The molecule has 1 saturated heterocycles. The zero-order valence-corrected chi connectivity index (χ0v) is 19.9. The van der Waals surface area contributed by atoms with Gasteiger partial charge in [0.1, 0.15) is 0 Å². The topological polar surface area (TPSA) is 64.4 Å². The molecule has 0 spiro atoms. The Balaban J connectivity index is 1.38. The van der Waals surface area contributed by atoms with Gasteiger partial charge in [-0.1, -0.05) is 54.2 Å². The number of fused-ring (bicyclic) bond motifs is 1. The van der Waals surface area contributed by atoms with Crippen LogP contribution in [0.15, 0.2) is 64.5 Å². The van der Waals surface area contributed by atoms with Crippen molar-refractivity contribution in [1.29, 1.82) is 0 Å². The van der Waals surface area contributed by atoms with Crippen molar-refractivity contribution in [3.63, 3.8) is 0 Å². The Bertz CT molecular complexity index is 1120. The first-order chi connectivity index (χ1) is 16.2. The fourth-order valence-corrected chi connectivity index (χ4v) is 5.30. The van der Waals surface area contributed by atoms with Crippen LogP contribution in [0.2, 0.25) is 0 Å². The van der Waals surface area contributed by atoms with Crippen molar-refractivity contribution in [3.8, 4) is 0 Å². The Kier molecular flexibility index (Phi) is 8.18. The maximum atomic E-state index is 13.0. The molecule has 174 valence electrons. The van der Waals surface area contributed by atoms with Gasteiger partial charge in [0.2, 0.25) is 5.91 Å². The molecule has 7 heteroatoms. The number of carbonyl (C=O) groups excluding carboxylic acids is 1. The number of ether oxygens (including phenoxy) is 1. The van der Waals surface area contributed by atoms with E-state index in [9.17, 15) is 9.59 Å². The molecule has 2 aromatic carbocycles. The summed E-state index contributed by atoms with van der Waals surface area (Å²) in [6, 6.07) is 17.9. The molecule has 0 aliphatic carbocycles. The highest BCUT2D eigenvalue weighted by atomic mass is 32.2. The summed E-state index contributed by atoms with van der Waals surface area (Å²) in [4.78, 5) is 32.6. The van der Waals surface area contributed by atoms with E-state index in [2.05, 4.69) is 24.3 Å². The summed E-state index contributed by atoms with van der Waals surface area (Å²) in [6.07, 6.45) is 3.85. The molecule has 1 fully saturated rings. The first kappa shape index (κ1) is 23.5. The van der Waals surface area contributed by atoms with E-state index in [0.717, 1.165) is 32.4 Å². The Morgan fingerprint density at radius 1 is 1.09 bits per heavy atom. The van der Waals surface area contributed by atoms with Gasteiger partial charge in [-0.3, -0.25) is 14.2 Å². The Hall–Kier alpha value is -2.64. The lowest BCUT2D eigenvalue weighted by Crippen LogP contribution is -2.40. The molecule has 6 nitrogen and oxygen atoms in total. The number of amides is 1. The second-order valence-electron chi connectivity index (χ2n) is 8.52. The van der Waals surface area contributed by atoms with Crippen molar-refractivity contribution in [2.24, 2.45) is 5.92 Å². The number of methoxy groups -OCH3 is 1. The first-order valence-corrected chi connectivity index (χ1v) is 12.6. The zero-order chi connectivity index (χ0) is 23.0. The summed E-state index contributed by atoms with van der Waals surface area (Å²) in [5, 5.41) is 1.20. The van der Waals surface area contributed by atoms with Gasteiger partial charge in [0.15, 0.2) is 5.16 Å². The lowest BCUT2D eigenvalue weighted by Gasteiger charge is -2.32. The third-order valence-corrected chi connectivity index (χ3v) is 7.18. The number of para-hydroxylation sites is 1. The van der Waals surface area contributed by atoms with E-state index < -0.39 is 0 Å². The average Bonchev–Trinajstić information content (AvgIpc) is 2.85. The lowest BCUT2D eigenvalue weighted by atomic mass is 9.90. The van der Waals surface area contributed by atoms with Crippen molar-refractivity contribution >= 4 is 28.6 Å². The molecule has 0 atom stereocenters. The van der Waals surface area contributed by atoms with Crippen LogP contribution in [0.25, 0.3) is 10.9 Å². The molecular weight excluding hydrogens is 434 g/mol. The predicted molar refractivity (Wildman–Crippen MR) is 133 cm³/mol. The molecule has 1 aromatic heterocycles. The van der Waals surface area contributed by atoms with Crippen molar-refractivity contribution in [1.82, 2.24) is 14.5 Å². The van der Waals surface area contributed by atoms with Gasteiger partial charge >= 0.3 is 0 Å².